The maximum atomic E-state index is 12.0. The van der Waals surface area contributed by atoms with Crippen LogP contribution in [0.2, 0.25) is 0 Å². The van der Waals surface area contributed by atoms with Crippen LogP contribution in [0.1, 0.15) is 26.7 Å². The summed E-state index contributed by atoms with van der Waals surface area (Å²) < 4.78 is 0. The second-order valence-corrected chi connectivity index (χ2v) is 5.95. The first-order valence-electron chi connectivity index (χ1n) is 6.93. The highest BCUT2D eigenvalue weighted by molar-refractivity contribution is 8.00. The van der Waals surface area contributed by atoms with Crippen LogP contribution in [0.5, 0.6) is 0 Å². The average Bonchev–Trinajstić information content (AvgIpc) is 2.46. The zero-order valence-electron chi connectivity index (χ0n) is 11.9. The molecule has 2 rings (SSSR count). The lowest BCUT2D eigenvalue weighted by molar-refractivity contribution is -0.121. The van der Waals surface area contributed by atoms with Crippen LogP contribution in [0.4, 0.5) is 5.69 Å². The van der Waals surface area contributed by atoms with Crippen LogP contribution in [0.3, 0.4) is 0 Å². The Morgan fingerprint density at radius 1 is 1.45 bits per heavy atom. The second-order valence-electron chi connectivity index (χ2n) is 4.93. The van der Waals surface area contributed by atoms with Crippen molar-refractivity contribution in [1.29, 1.82) is 0 Å². The summed E-state index contributed by atoms with van der Waals surface area (Å²) in [5.41, 5.74) is 0.921. The minimum Gasteiger partial charge on any atom is -0.354 e. The molecule has 0 unspecified atom stereocenters. The van der Waals surface area contributed by atoms with Crippen LogP contribution < -0.4 is 10.2 Å². The monoisotopic (exact) mass is 292 g/mol. The molecule has 1 aliphatic heterocycles. The minimum absolute atomic E-state index is 0.00265. The van der Waals surface area contributed by atoms with Gasteiger partial charge in [-0.2, -0.15) is 0 Å². The van der Waals surface area contributed by atoms with Crippen molar-refractivity contribution in [2.24, 2.45) is 0 Å². The third kappa shape index (κ3) is 3.54. The number of anilines is 1. The predicted octanol–water partition coefficient (Wildman–Crippen LogP) is 2.43. The largest absolute Gasteiger partial charge is 0.354 e. The van der Waals surface area contributed by atoms with Gasteiger partial charge in [0.15, 0.2) is 0 Å². The normalized spacial score (nSPS) is 15.7. The van der Waals surface area contributed by atoms with Gasteiger partial charge in [0.25, 0.3) is 0 Å². The minimum atomic E-state index is 0.00265. The van der Waals surface area contributed by atoms with Crippen molar-refractivity contribution in [3.05, 3.63) is 24.3 Å². The molecule has 0 saturated heterocycles. The van der Waals surface area contributed by atoms with Crippen molar-refractivity contribution in [2.75, 3.05) is 17.2 Å². The van der Waals surface area contributed by atoms with Crippen molar-refractivity contribution < 1.29 is 9.59 Å². The van der Waals surface area contributed by atoms with Crippen molar-refractivity contribution in [2.45, 2.75) is 37.6 Å². The fourth-order valence-corrected chi connectivity index (χ4v) is 3.00. The number of fused-ring (bicyclic) bond motifs is 1. The smallest absolute Gasteiger partial charge is 0.237 e. The number of hydrogen-bond donors (Lipinski definition) is 1. The molecule has 0 aliphatic carbocycles. The van der Waals surface area contributed by atoms with E-state index in [4.69, 9.17) is 0 Å². The number of carbonyl (C=O) groups is 2. The number of hydrogen-bond acceptors (Lipinski definition) is 3. The Morgan fingerprint density at radius 2 is 2.20 bits per heavy atom. The molecule has 5 heteroatoms. The van der Waals surface area contributed by atoms with Gasteiger partial charge in [-0.25, -0.2) is 0 Å². The fourth-order valence-electron chi connectivity index (χ4n) is 2.06. The van der Waals surface area contributed by atoms with Crippen molar-refractivity contribution >= 4 is 29.3 Å². The van der Waals surface area contributed by atoms with Crippen LogP contribution in [0, 0.1) is 0 Å². The first kappa shape index (κ1) is 14.9. The van der Waals surface area contributed by atoms with Gasteiger partial charge < -0.3 is 10.2 Å². The zero-order chi connectivity index (χ0) is 14.5. The van der Waals surface area contributed by atoms with Gasteiger partial charge in [-0.05, 0) is 25.5 Å². The highest BCUT2D eigenvalue weighted by Gasteiger charge is 2.24. The first-order valence-corrected chi connectivity index (χ1v) is 7.92. The summed E-state index contributed by atoms with van der Waals surface area (Å²) in [5, 5.41) is 2.93. The van der Waals surface area contributed by atoms with E-state index < -0.39 is 0 Å². The molecule has 1 N–H and O–H groups in total. The van der Waals surface area contributed by atoms with Gasteiger partial charge in [-0.1, -0.05) is 19.1 Å². The molecular weight excluding hydrogens is 272 g/mol. The van der Waals surface area contributed by atoms with Gasteiger partial charge in [0, 0.05) is 23.9 Å². The molecule has 0 radical (unpaired) electrons. The van der Waals surface area contributed by atoms with Crippen LogP contribution in [0.15, 0.2) is 29.2 Å². The van der Waals surface area contributed by atoms with E-state index in [1.165, 1.54) is 0 Å². The Labute approximate surface area is 123 Å². The van der Waals surface area contributed by atoms with E-state index in [0.29, 0.717) is 18.7 Å². The molecule has 0 aromatic heterocycles. The van der Waals surface area contributed by atoms with E-state index in [1.807, 2.05) is 38.1 Å². The number of nitrogens with one attached hydrogen (secondary N) is 1. The molecule has 1 heterocycles. The lowest BCUT2D eigenvalue weighted by atomic mass is 10.2. The molecule has 108 valence electrons. The Balaban J connectivity index is 1.99. The Bertz CT molecular complexity index is 504. The number of amides is 2. The summed E-state index contributed by atoms with van der Waals surface area (Å²) in [6.45, 7) is 4.46. The lowest BCUT2D eigenvalue weighted by Crippen LogP contribution is -2.39. The molecule has 2 amide bonds. The number of para-hydroxylation sites is 1. The molecule has 1 atom stereocenters. The highest BCUT2D eigenvalue weighted by Crippen LogP contribution is 2.34. The summed E-state index contributed by atoms with van der Waals surface area (Å²) in [4.78, 5) is 26.7. The van der Waals surface area contributed by atoms with Crippen LogP contribution in [-0.2, 0) is 9.59 Å². The Hall–Kier alpha value is -1.49. The average molecular weight is 292 g/mol. The molecule has 0 bridgehead atoms. The molecule has 1 aliphatic rings. The summed E-state index contributed by atoms with van der Waals surface area (Å²) in [6.07, 6.45) is 1.25. The molecule has 0 spiro atoms. The molecule has 1 aromatic rings. The molecule has 1 aromatic carbocycles. The quantitative estimate of drug-likeness (QED) is 0.907. The number of nitrogens with zero attached hydrogens (tertiary/aromatic N) is 1. The second kappa shape index (κ2) is 6.79. The highest BCUT2D eigenvalue weighted by atomic mass is 32.2. The maximum Gasteiger partial charge on any atom is 0.237 e. The fraction of sp³-hybridized carbons (Fsp3) is 0.467. The Morgan fingerprint density at radius 3 is 2.95 bits per heavy atom. The topological polar surface area (TPSA) is 49.4 Å². The SMILES string of the molecule is CC[C@@H](C)NC(=O)CCN1C(=O)CSc2ccccc21. The van der Waals surface area contributed by atoms with E-state index in [2.05, 4.69) is 5.32 Å². The summed E-state index contributed by atoms with van der Waals surface area (Å²) in [7, 11) is 0. The zero-order valence-corrected chi connectivity index (χ0v) is 12.7. The van der Waals surface area contributed by atoms with E-state index >= 15 is 0 Å². The van der Waals surface area contributed by atoms with Crippen molar-refractivity contribution in [1.82, 2.24) is 5.32 Å². The molecule has 0 fully saturated rings. The number of benzene rings is 1. The van der Waals surface area contributed by atoms with Gasteiger partial charge in [-0.3, -0.25) is 9.59 Å². The van der Waals surface area contributed by atoms with E-state index in [9.17, 15) is 9.59 Å². The number of carbonyl (C=O) groups excluding carboxylic acids is 2. The van der Waals surface area contributed by atoms with E-state index in [-0.39, 0.29) is 17.9 Å². The van der Waals surface area contributed by atoms with E-state index in [1.54, 1.807) is 16.7 Å². The third-order valence-corrected chi connectivity index (χ3v) is 4.44. The summed E-state index contributed by atoms with van der Waals surface area (Å²) >= 11 is 1.56. The molecule has 0 saturated carbocycles. The van der Waals surface area contributed by atoms with Crippen LogP contribution in [-0.4, -0.2) is 30.2 Å². The van der Waals surface area contributed by atoms with Gasteiger partial charge >= 0.3 is 0 Å². The summed E-state index contributed by atoms with van der Waals surface area (Å²) in [6, 6.07) is 8.02. The predicted molar refractivity (Wildman–Crippen MR) is 82.0 cm³/mol. The Kier molecular flexibility index (Phi) is 5.06. The maximum absolute atomic E-state index is 12.0. The standard InChI is InChI=1S/C15H20N2O2S/c1-3-11(2)16-14(18)8-9-17-12-6-4-5-7-13(12)20-10-15(17)19/h4-7,11H,3,8-10H2,1-2H3,(H,16,18)/t11-/m1/s1. The molecular formula is C15H20N2O2S. The lowest BCUT2D eigenvalue weighted by Gasteiger charge is -2.28. The molecule has 20 heavy (non-hydrogen) atoms. The van der Waals surface area contributed by atoms with Crippen LogP contribution in [0.25, 0.3) is 0 Å². The van der Waals surface area contributed by atoms with Crippen molar-refractivity contribution in [3.63, 3.8) is 0 Å². The van der Waals surface area contributed by atoms with Crippen LogP contribution >= 0.6 is 11.8 Å². The van der Waals surface area contributed by atoms with Gasteiger partial charge in [0.1, 0.15) is 0 Å². The van der Waals surface area contributed by atoms with Crippen molar-refractivity contribution in [3.8, 4) is 0 Å². The number of thioether (sulfide) groups is 1. The van der Waals surface area contributed by atoms with Gasteiger partial charge in [-0.15, -0.1) is 11.8 Å². The van der Waals surface area contributed by atoms with E-state index in [0.717, 1.165) is 17.0 Å². The third-order valence-electron chi connectivity index (χ3n) is 3.39. The van der Waals surface area contributed by atoms with Gasteiger partial charge in [0.2, 0.25) is 11.8 Å². The molecule has 4 nitrogen and oxygen atoms in total. The van der Waals surface area contributed by atoms with Gasteiger partial charge in [0.05, 0.1) is 11.4 Å². The number of rotatable bonds is 5. The summed E-state index contributed by atoms with van der Waals surface area (Å²) in [5.74, 6) is 0.525. The first-order chi connectivity index (χ1) is 9.61.